The average molecular weight is 351 g/mol. The Hall–Kier alpha value is -2.56. The van der Waals surface area contributed by atoms with Gasteiger partial charge < -0.3 is 14.5 Å². The van der Waals surface area contributed by atoms with Crippen molar-refractivity contribution in [1.82, 2.24) is 9.88 Å². The number of rotatable bonds is 4. The number of nitrogens with zero attached hydrogens (tertiary/aromatic N) is 3. The van der Waals surface area contributed by atoms with E-state index in [2.05, 4.69) is 16.0 Å². The molecule has 136 valence electrons. The van der Waals surface area contributed by atoms with Gasteiger partial charge in [0.25, 0.3) is 5.91 Å². The van der Waals surface area contributed by atoms with E-state index in [-0.39, 0.29) is 5.91 Å². The minimum absolute atomic E-state index is 0.133. The Labute approximate surface area is 154 Å². The van der Waals surface area contributed by atoms with E-state index in [1.807, 2.05) is 47.6 Å². The van der Waals surface area contributed by atoms with Crippen LogP contribution in [0.3, 0.4) is 0 Å². The fourth-order valence-corrected chi connectivity index (χ4v) is 3.78. The highest BCUT2D eigenvalue weighted by Crippen LogP contribution is 2.33. The second kappa shape index (κ2) is 7.77. The van der Waals surface area contributed by atoms with Crippen LogP contribution in [0.4, 0.5) is 5.69 Å². The molecule has 0 N–H and O–H groups in total. The van der Waals surface area contributed by atoms with Crippen molar-refractivity contribution < 1.29 is 9.53 Å². The molecule has 5 heteroatoms. The molecule has 2 aromatic rings. The van der Waals surface area contributed by atoms with Crippen molar-refractivity contribution in [3.63, 3.8) is 0 Å². The predicted octanol–water partition coefficient (Wildman–Crippen LogP) is 2.90. The zero-order valence-corrected chi connectivity index (χ0v) is 15.0. The van der Waals surface area contributed by atoms with Gasteiger partial charge in [-0.15, -0.1) is 0 Å². The maximum atomic E-state index is 12.9. The number of likely N-dealkylation sites (tertiary alicyclic amines) is 1. The molecule has 0 aliphatic carbocycles. The number of pyridine rings is 1. The van der Waals surface area contributed by atoms with Crippen molar-refractivity contribution >= 4 is 11.6 Å². The molecule has 1 aromatic heterocycles. The summed E-state index contributed by atoms with van der Waals surface area (Å²) in [6, 6.07) is 12.1. The number of benzene rings is 1. The Morgan fingerprint density at radius 2 is 1.85 bits per heavy atom. The van der Waals surface area contributed by atoms with Gasteiger partial charge in [0.05, 0.1) is 12.2 Å². The summed E-state index contributed by atoms with van der Waals surface area (Å²) in [7, 11) is 0. The minimum atomic E-state index is -0.416. The van der Waals surface area contributed by atoms with Gasteiger partial charge >= 0.3 is 0 Å². The number of para-hydroxylation sites is 2. The van der Waals surface area contributed by atoms with Crippen LogP contribution in [0.25, 0.3) is 0 Å². The molecule has 2 aliphatic rings. The molecule has 3 heterocycles. The summed E-state index contributed by atoms with van der Waals surface area (Å²) in [5.41, 5.74) is 2.33. The van der Waals surface area contributed by atoms with E-state index in [4.69, 9.17) is 4.74 Å². The van der Waals surface area contributed by atoms with Crippen molar-refractivity contribution in [2.75, 3.05) is 31.1 Å². The Balaban J connectivity index is 1.50. The van der Waals surface area contributed by atoms with Gasteiger partial charge in [-0.2, -0.15) is 0 Å². The molecule has 1 amide bonds. The molecule has 0 radical (unpaired) electrons. The van der Waals surface area contributed by atoms with E-state index in [0.29, 0.717) is 6.54 Å². The van der Waals surface area contributed by atoms with E-state index in [1.54, 1.807) is 0 Å². The molecule has 0 saturated carbocycles. The SMILES string of the molecule is O=C(C1CN(CCc2ccncc2)c2ccccc2O1)N1CCCCC1. The topological polar surface area (TPSA) is 45.7 Å². The van der Waals surface area contributed by atoms with E-state index in [0.717, 1.165) is 50.3 Å². The van der Waals surface area contributed by atoms with Crippen molar-refractivity contribution in [2.45, 2.75) is 31.8 Å². The van der Waals surface area contributed by atoms with Crippen LogP contribution in [0.15, 0.2) is 48.8 Å². The van der Waals surface area contributed by atoms with Gasteiger partial charge in [-0.3, -0.25) is 9.78 Å². The summed E-state index contributed by atoms with van der Waals surface area (Å²) in [5, 5.41) is 0. The number of fused-ring (bicyclic) bond motifs is 1. The van der Waals surface area contributed by atoms with Gasteiger partial charge in [0, 0.05) is 32.0 Å². The number of amides is 1. The summed E-state index contributed by atoms with van der Waals surface area (Å²) in [5.74, 6) is 0.942. The maximum Gasteiger partial charge on any atom is 0.265 e. The Bertz CT molecular complexity index is 744. The molecule has 1 unspecified atom stereocenters. The highest BCUT2D eigenvalue weighted by molar-refractivity contribution is 5.83. The van der Waals surface area contributed by atoms with Crippen molar-refractivity contribution in [3.05, 3.63) is 54.4 Å². The molecule has 0 spiro atoms. The van der Waals surface area contributed by atoms with Crippen molar-refractivity contribution in [1.29, 1.82) is 0 Å². The van der Waals surface area contributed by atoms with Gasteiger partial charge in [0.2, 0.25) is 0 Å². The molecule has 1 atom stereocenters. The number of hydrogen-bond acceptors (Lipinski definition) is 4. The molecule has 4 rings (SSSR count). The van der Waals surface area contributed by atoms with E-state index >= 15 is 0 Å². The minimum Gasteiger partial charge on any atom is -0.477 e. The summed E-state index contributed by atoms with van der Waals surface area (Å²) in [6.07, 6.45) is 7.57. The van der Waals surface area contributed by atoms with E-state index in [9.17, 15) is 4.79 Å². The smallest absolute Gasteiger partial charge is 0.265 e. The van der Waals surface area contributed by atoms with Crippen LogP contribution in [-0.2, 0) is 11.2 Å². The largest absolute Gasteiger partial charge is 0.477 e. The number of piperidine rings is 1. The zero-order chi connectivity index (χ0) is 17.8. The molecular weight excluding hydrogens is 326 g/mol. The Morgan fingerprint density at radius 1 is 1.08 bits per heavy atom. The highest BCUT2D eigenvalue weighted by Gasteiger charge is 2.33. The van der Waals surface area contributed by atoms with Crippen LogP contribution in [0.5, 0.6) is 5.75 Å². The maximum absolute atomic E-state index is 12.9. The summed E-state index contributed by atoms with van der Waals surface area (Å²) >= 11 is 0. The highest BCUT2D eigenvalue weighted by atomic mass is 16.5. The van der Waals surface area contributed by atoms with Gasteiger partial charge in [-0.05, 0) is 55.5 Å². The molecule has 1 saturated heterocycles. The third kappa shape index (κ3) is 3.66. The number of ether oxygens (including phenoxy) is 1. The molecular formula is C21H25N3O2. The van der Waals surface area contributed by atoms with Crippen LogP contribution in [0.1, 0.15) is 24.8 Å². The lowest BCUT2D eigenvalue weighted by molar-refractivity contribution is -0.139. The molecule has 1 aromatic carbocycles. The zero-order valence-electron chi connectivity index (χ0n) is 15.0. The monoisotopic (exact) mass is 351 g/mol. The van der Waals surface area contributed by atoms with E-state index in [1.165, 1.54) is 12.0 Å². The summed E-state index contributed by atoms with van der Waals surface area (Å²) in [4.78, 5) is 21.3. The lowest BCUT2D eigenvalue weighted by atomic mass is 10.1. The molecule has 5 nitrogen and oxygen atoms in total. The lowest BCUT2D eigenvalue weighted by Crippen LogP contribution is -2.51. The Morgan fingerprint density at radius 3 is 2.65 bits per heavy atom. The third-order valence-corrected chi connectivity index (χ3v) is 5.22. The molecule has 26 heavy (non-hydrogen) atoms. The van der Waals surface area contributed by atoms with Crippen molar-refractivity contribution in [3.8, 4) is 5.75 Å². The fourth-order valence-electron chi connectivity index (χ4n) is 3.78. The lowest BCUT2D eigenvalue weighted by Gasteiger charge is -2.38. The average Bonchev–Trinajstić information content (AvgIpc) is 2.72. The van der Waals surface area contributed by atoms with Gasteiger partial charge in [-0.1, -0.05) is 12.1 Å². The second-order valence-electron chi connectivity index (χ2n) is 7.01. The second-order valence-corrected chi connectivity index (χ2v) is 7.01. The third-order valence-electron chi connectivity index (χ3n) is 5.22. The van der Waals surface area contributed by atoms with Crippen molar-refractivity contribution in [2.24, 2.45) is 0 Å². The van der Waals surface area contributed by atoms with Crippen LogP contribution in [0.2, 0.25) is 0 Å². The van der Waals surface area contributed by atoms with E-state index < -0.39 is 6.10 Å². The van der Waals surface area contributed by atoms with Gasteiger partial charge in [-0.25, -0.2) is 0 Å². The quantitative estimate of drug-likeness (QED) is 0.850. The first-order valence-electron chi connectivity index (χ1n) is 9.49. The standard InChI is InChI=1S/C21H25N3O2/c25-21(23-13-4-1-5-14-23)20-16-24(15-10-17-8-11-22-12-9-17)18-6-2-3-7-19(18)26-20/h2-3,6-9,11-12,20H,1,4-5,10,13-16H2. The number of anilines is 1. The van der Waals surface area contributed by atoms with Crippen LogP contribution >= 0.6 is 0 Å². The first-order valence-corrected chi connectivity index (χ1v) is 9.49. The number of aromatic nitrogens is 1. The normalized spacial score (nSPS) is 19.6. The molecule has 0 bridgehead atoms. The van der Waals surface area contributed by atoms with Gasteiger partial charge in [0.1, 0.15) is 5.75 Å². The number of hydrogen-bond donors (Lipinski definition) is 0. The number of carbonyl (C=O) groups excluding carboxylic acids is 1. The summed E-state index contributed by atoms with van der Waals surface area (Å²) in [6.45, 7) is 3.18. The number of carbonyl (C=O) groups is 1. The van der Waals surface area contributed by atoms with Gasteiger partial charge in [0.15, 0.2) is 6.10 Å². The Kier molecular flexibility index (Phi) is 5.04. The van der Waals surface area contributed by atoms with Crippen LogP contribution < -0.4 is 9.64 Å². The fraction of sp³-hybridized carbons (Fsp3) is 0.429. The molecule has 2 aliphatic heterocycles. The summed E-state index contributed by atoms with van der Waals surface area (Å²) < 4.78 is 6.09. The van der Waals surface area contributed by atoms with Crippen LogP contribution in [0, 0.1) is 0 Å². The van der Waals surface area contributed by atoms with Crippen LogP contribution in [-0.4, -0.2) is 48.1 Å². The first kappa shape index (κ1) is 16.9. The first-order chi connectivity index (χ1) is 12.8. The molecule has 1 fully saturated rings. The predicted molar refractivity (Wildman–Crippen MR) is 101 cm³/mol.